The lowest BCUT2D eigenvalue weighted by Gasteiger charge is -2.12. The monoisotopic (exact) mass is 396 g/mol. The van der Waals surface area contributed by atoms with Crippen LogP contribution in [-0.4, -0.2) is 17.1 Å². The zero-order chi connectivity index (χ0) is 18.4. The lowest BCUT2D eigenvalue weighted by atomic mass is 10.2. The predicted octanol–water partition coefficient (Wildman–Crippen LogP) is 4.59. The van der Waals surface area contributed by atoms with Gasteiger partial charge in [0.25, 0.3) is 5.91 Å². The third-order valence-electron chi connectivity index (χ3n) is 3.15. The molecule has 0 saturated carbocycles. The Morgan fingerprint density at radius 3 is 2.64 bits per heavy atom. The minimum atomic E-state index is -0.311. The lowest BCUT2D eigenvalue weighted by molar-refractivity contribution is 0.0976. The van der Waals surface area contributed by atoms with E-state index in [-0.39, 0.29) is 17.1 Å². The van der Waals surface area contributed by atoms with Gasteiger partial charge in [-0.3, -0.25) is 10.1 Å². The van der Waals surface area contributed by atoms with Gasteiger partial charge in [-0.05, 0) is 62.0 Å². The Morgan fingerprint density at radius 1 is 1.20 bits per heavy atom. The summed E-state index contributed by atoms with van der Waals surface area (Å²) < 4.78 is 5.58. The highest BCUT2D eigenvalue weighted by molar-refractivity contribution is 7.80. The molecule has 0 radical (unpaired) electrons. The summed E-state index contributed by atoms with van der Waals surface area (Å²) in [6, 6.07) is 12.1. The molecule has 0 atom stereocenters. The molecule has 0 unspecified atom stereocenters. The molecular formula is C18H18Cl2N2O2S. The van der Waals surface area contributed by atoms with E-state index in [0.29, 0.717) is 27.9 Å². The molecule has 0 fully saturated rings. The number of amides is 1. The first-order valence-electron chi connectivity index (χ1n) is 7.65. The van der Waals surface area contributed by atoms with E-state index in [1.807, 2.05) is 13.8 Å². The van der Waals surface area contributed by atoms with Gasteiger partial charge in [0.05, 0.1) is 6.10 Å². The average molecular weight is 397 g/mol. The number of carbonyl (C=O) groups is 1. The van der Waals surface area contributed by atoms with Crippen LogP contribution in [0, 0.1) is 0 Å². The number of hydrogen-bond acceptors (Lipinski definition) is 3. The Hall–Kier alpha value is -1.82. The van der Waals surface area contributed by atoms with Crippen LogP contribution in [0.3, 0.4) is 0 Å². The van der Waals surface area contributed by atoms with Crippen molar-refractivity contribution in [2.24, 2.45) is 0 Å². The summed E-state index contributed by atoms with van der Waals surface area (Å²) in [5, 5.41) is 6.89. The first-order chi connectivity index (χ1) is 11.8. The molecule has 0 spiro atoms. The molecule has 2 rings (SSSR count). The number of hydrogen-bond donors (Lipinski definition) is 2. The van der Waals surface area contributed by atoms with Crippen LogP contribution in [0.5, 0.6) is 5.75 Å². The second kappa shape index (κ2) is 9.04. The highest BCUT2D eigenvalue weighted by Gasteiger charge is 2.10. The maximum atomic E-state index is 12.3. The Bertz CT molecular complexity index is 781. The summed E-state index contributed by atoms with van der Waals surface area (Å²) in [4.78, 5) is 12.3. The molecule has 0 aliphatic carbocycles. The van der Waals surface area contributed by atoms with Crippen molar-refractivity contribution in [3.63, 3.8) is 0 Å². The molecular weight excluding hydrogens is 379 g/mol. The molecule has 1 amide bonds. The van der Waals surface area contributed by atoms with Crippen molar-refractivity contribution in [2.75, 3.05) is 0 Å². The van der Waals surface area contributed by atoms with Crippen molar-refractivity contribution in [3.8, 4) is 5.75 Å². The Balaban J connectivity index is 1.92. The summed E-state index contributed by atoms with van der Waals surface area (Å²) >= 11 is 17.1. The Labute approximate surface area is 162 Å². The molecule has 132 valence electrons. The standard InChI is InChI=1S/C18H18Cl2N2O2S/c1-11(2)24-15-5-3-4-12(8-15)17(23)22-18(25)21-10-13-6-7-14(19)9-16(13)20/h3-9,11H,10H2,1-2H3,(H2,21,22,23,25). The molecule has 25 heavy (non-hydrogen) atoms. The van der Waals surface area contributed by atoms with Gasteiger partial charge in [-0.1, -0.05) is 35.3 Å². The van der Waals surface area contributed by atoms with Crippen molar-refractivity contribution in [1.82, 2.24) is 10.6 Å². The third kappa shape index (κ3) is 6.20. The van der Waals surface area contributed by atoms with Crippen LogP contribution in [0.4, 0.5) is 0 Å². The summed E-state index contributed by atoms with van der Waals surface area (Å²) in [6.07, 6.45) is 0.0326. The summed E-state index contributed by atoms with van der Waals surface area (Å²) in [6.45, 7) is 4.23. The topological polar surface area (TPSA) is 50.4 Å². The normalized spacial score (nSPS) is 10.4. The van der Waals surface area contributed by atoms with Gasteiger partial charge in [-0.15, -0.1) is 0 Å². The molecule has 0 aliphatic rings. The summed E-state index contributed by atoms with van der Waals surface area (Å²) in [5.41, 5.74) is 1.29. The molecule has 0 saturated heterocycles. The van der Waals surface area contributed by atoms with Crippen LogP contribution in [0.1, 0.15) is 29.8 Å². The van der Waals surface area contributed by atoms with Crippen molar-refractivity contribution in [3.05, 3.63) is 63.6 Å². The fourth-order valence-corrected chi connectivity index (χ4v) is 2.68. The van der Waals surface area contributed by atoms with Gasteiger partial charge >= 0.3 is 0 Å². The highest BCUT2D eigenvalue weighted by atomic mass is 35.5. The molecule has 0 heterocycles. The second-order valence-electron chi connectivity index (χ2n) is 5.57. The van der Waals surface area contributed by atoms with E-state index in [1.165, 1.54) is 0 Å². The molecule has 0 aliphatic heterocycles. The van der Waals surface area contributed by atoms with Gasteiger partial charge < -0.3 is 10.1 Å². The van der Waals surface area contributed by atoms with Crippen LogP contribution in [0.2, 0.25) is 10.0 Å². The predicted molar refractivity (Wildman–Crippen MR) is 106 cm³/mol. The van der Waals surface area contributed by atoms with E-state index in [9.17, 15) is 4.79 Å². The number of benzene rings is 2. The first kappa shape index (κ1) is 19.5. The fraction of sp³-hybridized carbons (Fsp3) is 0.222. The molecule has 2 N–H and O–H groups in total. The van der Waals surface area contributed by atoms with E-state index < -0.39 is 0 Å². The van der Waals surface area contributed by atoms with Gasteiger partial charge in [0, 0.05) is 22.2 Å². The molecule has 0 bridgehead atoms. The van der Waals surface area contributed by atoms with Crippen LogP contribution in [-0.2, 0) is 6.54 Å². The second-order valence-corrected chi connectivity index (χ2v) is 6.82. The number of thiocarbonyl (C=S) groups is 1. The van der Waals surface area contributed by atoms with Crippen molar-refractivity contribution < 1.29 is 9.53 Å². The largest absolute Gasteiger partial charge is 0.491 e. The molecule has 2 aromatic rings. The van der Waals surface area contributed by atoms with Gasteiger partial charge in [-0.25, -0.2) is 0 Å². The minimum Gasteiger partial charge on any atom is -0.491 e. The van der Waals surface area contributed by atoms with Crippen molar-refractivity contribution in [1.29, 1.82) is 0 Å². The molecule has 7 heteroatoms. The Morgan fingerprint density at radius 2 is 1.96 bits per heavy atom. The average Bonchev–Trinajstić information content (AvgIpc) is 2.53. The fourth-order valence-electron chi connectivity index (χ4n) is 2.04. The number of rotatable bonds is 5. The SMILES string of the molecule is CC(C)Oc1cccc(C(=O)NC(=S)NCc2ccc(Cl)cc2Cl)c1. The first-order valence-corrected chi connectivity index (χ1v) is 8.81. The summed E-state index contributed by atoms with van der Waals surface area (Å²) in [5.74, 6) is 0.323. The number of halogens is 2. The smallest absolute Gasteiger partial charge is 0.257 e. The number of carbonyl (C=O) groups excluding carboxylic acids is 1. The van der Waals surface area contributed by atoms with Gasteiger partial charge in [-0.2, -0.15) is 0 Å². The number of ether oxygens (including phenoxy) is 1. The van der Waals surface area contributed by atoms with E-state index in [0.717, 1.165) is 5.56 Å². The van der Waals surface area contributed by atoms with Gasteiger partial charge in [0.15, 0.2) is 5.11 Å². The molecule has 2 aromatic carbocycles. The quantitative estimate of drug-likeness (QED) is 0.725. The Kier molecular flexibility index (Phi) is 7.05. The molecule has 0 aromatic heterocycles. The van der Waals surface area contributed by atoms with Crippen molar-refractivity contribution in [2.45, 2.75) is 26.5 Å². The summed E-state index contributed by atoms with van der Waals surface area (Å²) in [7, 11) is 0. The van der Waals surface area contributed by atoms with E-state index in [4.69, 9.17) is 40.2 Å². The van der Waals surface area contributed by atoms with Crippen LogP contribution in [0.15, 0.2) is 42.5 Å². The zero-order valence-electron chi connectivity index (χ0n) is 13.8. The van der Waals surface area contributed by atoms with E-state index in [1.54, 1.807) is 42.5 Å². The maximum Gasteiger partial charge on any atom is 0.257 e. The maximum absolute atomic E-state index is 12.3. The van der Waals surface area contributed by atoms with Crippen molar-refractivity contribution >= 4 is 46.4 Å². The van der Waals surface area contributed by atoms with Crippen LogP contribution >= 0.6 is 35.4 Å². The molecule has 4 nitrogen and oxygen atoms in total. The van der Waals surface area contributed by atoms with E-state index >= 15 is 0 Å². The third-order valence-corrected chi connectivity index (χ3v) is 3.98. The highest BCUT2D eigenvalue weighted by Crippen LogP contribution is 2.20. The zero-order valence-corrected chi connectivity index (χ0v) is 16.1. The lowest BCUT2D eigenvalue weighted by Crippen LogP contribution is -2.38. The van der Waals surface area contributed by atoms with Gasteiger partial charge in [0.2, 0.25) is 0 Å². The van der Waals surface area contributed by atoms with Gasteiger partial charge in [0.1, 0.15) is 5.75 Å². The van der Waals surface area contributed by atoms with Crippen LogP contribution in [0.25, 0.3) is 0 Å². The number of nitrogens with one attached hydrogen (secondary N) is 2. The van der Waals surface area contributed by atoms with Crippen LogP contribution < -0.4 is 15.4 Å². The van der Waals surface area contributed by atoms with E-state index in [2.05, 4.69) is 10.6 Å². The minimum absolute atomic E-state index is 0.0326.